The van der Waals surface area contributed by atoms with Crippen molar-refractivity contribution < 1.29 is 14.7 Å². The van der Waals surface area contributed by atoms with Gasteiger partial charge in [-0.05, 0) is 23.5 Å². The third-order valence-electron chi connectivity index (χ3n) is 2.62. The number of hydrogen-bond acceptors (Lipinski definition) is 2. The number of rotatable bonds is 4. The molecule has 1 rings (SSSR count). The van der Waals surface area contributed by atoms with Gasteiger partial charge in [0, 0.05) is 5.56 Å². The number of benzene rings is 1. The summed E-state index contributed by atoms with van der Waals surface area (Å²) in [6, 6.07) is 5.35. The molecule has 0 amide bonds. The van der Waals surface area contributed by atoms with Crippen molar-refractivity contribution >= 4 is 11.8 Å². The number of carboxylic acids is 1. The van der Waals surface area contributed by atoms with Gasteiger partial charge in [-0.1, -0.05) is 39.0 Å². The summed E-state index contributed by atoms with van der Waals surface area (Å²) in [5.41, 5.74) is 2.23. The van der Waals surface area contributed by atoms with E-state index in [1.165, 1.54) is 0 Å². The van der Waals surface area contributed by atoms with Crippen LogP contribution in [-0.4, -0.2) is 16.9 Å². The molecule has 0 aliphatic rings. The van der Waals surface area contributed by atoms with E-state index in [1.54, 1.807) is 6.07 Å². The first kappa shape index (κ1) is 12.4. The zero-order valence-electron chi connectivity index (χ0n) is 9.78. The summed E-state index contributed by atoms with van der Waals surface area (Å²) in [7, 11) is 0. The van der Waals surface area contributed by atoms with E-state index in [1.807, 2.05) is 19.1 Å². The molecule has 0 atom stereocenters. The molecule has 0 aliphatic carbocycles. The highest BCUT2D eigenvalue weighted by Crippen LogP contribution is 2.20. The van der Waals surface area contributed by atoms with Crippen LogP contribution in [0, 0.1) is 0 Å². The van der Waals surface area contributed by atoms with Gasteiger partial charge in [-0.3, -0.25) is 4.79 Å². The molecule has 86 valence electrons. The summed E-state index contributed by atoms with van der Waals surface area (Å²) >= 11 is 0. The van der Waals surface area contributed by atoms with Gasteiger partial charge >= 0.3 is 5.97 Å². The molecule has 1 N–H and O–H groups in total. The number of aryl methyl sites for hydroxylation is 1. The Hall–Kier alpha value is -1.64. The monoisotopic (exact) mass is 220 g/mol. The minimum Gasteiger partial charge on any atom is -0.475 e. The Morgan fingerprint density at radius 1 is 1.31 bits per heavy atom. The van der Waals surface area contributed by atoms with Crippen LogP contribution < -0.4 is 0 Å². The molecule has 0 aromatic heterocycles. The third-order valence-corrected chi connectivity index (χ3v) is 2.62. The molecule has 16 heavy (non-hydrogen) atoms. The lowest BCUT2D eigenvalue weighted by atomic mass is 9.94. The normalized spacial score (nSPS) is 10.5. The molecular weight excluding hydrogens is 204 g/mol. The summed E-state index contributed by atoms with van der Waals surface area (Å²) in [6.45, 7) is 6.04. The highest BCUT2D eigenvalue weighted by molar-refractivity contribution is 6.40. The predicted octanol–water partition coefficient (Wildman–Crippen LogP) is 2.64. The molecule has 1 aromatic carbocycles. The molecule has 0 fully saturated rings. The molecule has 0 spiro atoms. The van der Waals surface area contributed by atoms with Gasteiger partial charge in [0.2, 0.25) is 0 Å². The Balaban J connectivity index is 3.22. The SMILES string of the molecule is CCc1cc(C(C)C)ccc1C(=O)C(=O)O. The standard InChI is InChI=1S/C13H16O3/c1-4-9-7-10(8(2)3)5-6-11(9)12(14)13(15)16/h5-8H,4H2,1-3H3,(H,15,16). The van der Waals surface area contributed by atoms with Crippen LogP contribution >= 0.6 is 0 Å². The van der Waals surface area contributed by atoms with Crippen LogP contribution in [0.1, 0.15) is 48.2 Å². The quantitative estimate of drug-likeness (QED) is 0.627. The Bertz CT molecular complexity index is 419. The van der Waals surface area contributed by atoms with Crippen molar-refractivity contribution in [2.24, 2.45) is 0 Å². The molecule has 3 nitrogen and oxygen atoms in total. The van der Waals surface area contributed by atoms with E-state index in [9.17, 15) is 9.59 Å². The molecule has 0 heterocycles. The van der Waals surface area contributed by atoms with Gasteiger partial charge in [-0.15, -0.1) is 0 Å². The Kier molecular flexibility index (Phi) is 3.82. The van der Waals surface area contributed by atoms with E-state index in [0.29, 0.717) is 17.9 Å². The van der Waals surface area contributed by atoms with Crippen LogP contribution in [0.3, 0.4) is 0 Å². The number of aliphatic carboxylic acids is 1. The van der Waals surface area contributed by atoms with Crippen LogP contribution in [0.15, 0.2) is 18.2 Å². The lowest BCUT2D eigenvalue weighted by Crippen LogP contribution is -2.15. The zero-order valence-corrected chi connectivity index (χ0v) is 9.78. The summed E-state index contributed by atoms with van der Waals surface area (Å²) in [4.78, 5) is 22.0. The number of ketones is 1. The van der Waals surface area contributed by atoms with Gasteiger partial charge in [0.05, 0.1) is 0 Å². The van der Waals surface area contributed by atoms with Gasteiger partial charge in [-0.2, -0.15) is 0 Å². The number of carboxylic acid groups (broad SMARTS) is 1. The Morgan fingerprint density at radius 3 is 2.38 bits per heavy atom. The summed E-state index contributed by atoms with van der Waals surface area (Å²) in [5.74, 6) is -1.85. The molecule has 1 aromatic rings. The first-order valence-corrected chi connectivity index (χ1v) is 5.37. The van der Waals surface area contributed by atoms with Crippen molar-refractivity contribution in [1.29, 1.82) is 0 Å². The molecule has 3 heteroatoms. The molecule has 0 saturated carbocycles. The molecule has 0 radical (unpaired) electrons. The van der Waals surface area contributed by atoms with Crippen LogP contribution in [0.5, 0.6) is 0 Å². The second kappa shape index (κ2) is 4.92. The van der Waals surface area contributed by atoms with Crippen molar-refractivity contribution in [2.75, 3.05) is 0 Å². The smallest absolute Gasteiger partial charge is 0.377 e. The first-order valence-electron chi connectivity index (χ1n) is 5.37. The van der Waals surface area contributed by atoms with Crippen molar-refractivity contribution in [3.8, 4) is 0 Å². The third kappa shape index (κ3) is 2.48. The summed E-state index contributed by atoms with van der Waals surface area (Å²) in [5, 5.41) is 8.68. The fourth-order valence-electron chi connectivity index (χ4n) is 1.60. The predicted molar refractivity (Wildman–Crippen MR) is 61.9 cm³/mol. The fraction of sp³-hybridized carbons (Fsp3) is 0.385. The Morgan fingerprint density at radius 2 is 1.94 bits per heavy atom. The highest BCUT2D eigenvalue weighted by atomic mass is 16.4. The number of carbonyl (C=O) groups is 2. The van der Waals surface area contributed by atoms with Gasteiger partial charge in [0.15, 0.2) is 0 Å². The second-order valence-electron chi connectivity index (χ2n) is 4.06. The van der Waals surface area contributed by atoms with Crippen LogP contribution in [0.4, 0.5) is 0 Å². The van der Waals surface area contributed by atoms with Crippen molar-refractivity contribution in [1.82, 2.24) is 0 Å². The number of carbonyl (C=O) groups excluding carboxylic acids is 1. The van der Waals surface area contributed by atoms with Crippen LogP contribution in [0.25, 0.3) is 0 Å². The second-order valence-corrected chi connectivity index (χ2v) is 4.06. The molecule has 0 saturated heterocycles. The maximum Gasteiger partial charge on any atom is 0.377 e. The van der Waals surface area contributed by atoms with Gasteiger partial charge in [-0.25, -0.2) is 4.79 Å². The molecular formula is C13H16O3. The minimum absolute atomic E-state index is 0.305. The minimum atomic E-state index is -1.40. The zero-order chi connectivity index (χ0) is 12.3. The van der Waals surface area contributed by atoms with E-state index in [0.717, 1.165) is 11.1 Å². The van der Waals surface area contributed by atoms with Gasteiger partial charge < -0.3 is 5.11 Å². The lowest BCUT2D eigenvalue weighted by Gasteiger charge is -2.10. The maximum absolute atomic E-state index is 11.4. The van der Waals surface area contributed by atoms with Crippen LogP contribution in [-0.2, 0) is 11.2 Å². The van der Waals surface area contributed by atoms with Crippen LogP contribution in [0.2, 0.25) is 0 Å². The van der Waals surface area contributed by atoms with E-state index >= 15 is 0 Å². The molecule has 0 aliphatic heterocycles. The fourth-order valence-corrected chi connectivity index (χ4v) is 1.60. The number of Topliss-reactive ketones (excluding diaryl/α,β-unsaturated/α-hetero) is 1. The average Bonchev–Trinajstić information content (AvgIpc) is 2.26. The van der Waals surface area contributed by atoms with Crippen molar-refractivity contribution in [3.05, 3.63) is 34.9 Å². The maximum atomic E-state index is 11.4. The van der Waals surface area contributed by atoms with E-state index in [4.69, 9.17) is 5.11 Å². The lowest BCUT2D eigenvalue weighted by molar-refractivity contribution is -0.131. The van der Waals surface area contributed by atoms with Crippen molar-refractivity contribution in [3.63, 3.8) is 0 Å². The first-order chi connectivity index (χ1) is 7.47. The van der Waals surface area contributed by atoms with E-state index in [-0.39, 0.29) is 0 Å². The van der Waals surface area contributed by atoms with Crippen molar-refractivity contribution in [2.45, 2.75) is 33.1 Å². The van der Waals surface area contributed by atoms with E-state index in [2.05, 4.69) is 13.8 Å². The summed E-state index contributed by atoms with van der Waals surface area (Å²) in [6.07, 6.45) is 0.662. The number of hydrogen-bond donors (Lipinski definition) is 1. The highest BCUT2D eigenvalue weighted by Gasteiger charge is 2.18. The summed E-state index contributed by atoms with van der Waals surface area (Å²) < 4.78 is 0. The van der Waals surface area contributed by atoms with Gasteiger partial charge in [0.25, 0.3) is 5.78 Å². The largest absolute Gasteiger partial charge is 0.475 e. The molecule has 0 unspecified atom stereocenters. The van der Waals surface area contributed by atoms with E-state index < -0.39 is 11.8 Å². The molecule has 0 bridgehead atoms. The Labute approximate surface area is 95.1 Å². The average molecular weight is 220 g/mol. The topological polar surface area (TPSA) is 54.4 Å². The van der Waals surface area contributed by atoms with Gasteiger partial charge in [0.1, 0.15) is 0 Å².